The van der Waals surface area contributed by atoms with Gasteiger partial charge in [0, 0.05) is 29.3 Å². The monoisotopic (exact) mass is 282 g/mol. The Morgan fingerprint density at radius 3 is 2.88 bits per heavy atom. The summed E-state index contributed by atoms with van der Waals surface area (Å²) in [7, 11) is 0. The first-order valence-electron chi connectivity index (χ1n) is 5.58. The van der Waals surface area contributed by atoms with Crippen LogP contribution in [0.1, 0.15) is 29.6 Å². The van der Waals surface area contributed by atoms with E-state index in [0.29, 0.717) is 17.5 Å². The quantitative estimate of drug-likeness (QED) is 0.865. The molecular weight excluding hydrogens is 268 g/mol. The molecule has 1 aliphatic rings. The third-order valence-electron chi connectivity index (χ3n) is 3.12. The average Bonchev–Trinajstić information content (AvgIpc) is 2.77. The van der Waals surface area contributed by atoms with Crippen LogP contribution in [0.4, 0.5) is 0 Å². The molecule has 0 radical (unpaired) electrons. The number of nitrogens with one attached hydrogen (secondary N) is 1. The minimum Gasteiger partial charge on any atom is -0.349 e. The van der Waals surface area contributed by atoms with Crippen LogP contribution in [-0.4, -0.2) is 22.3 Å². The molecule has 1 fully saturated rings. The molecule has 0 bridgehead atoms. The molecule has 1 amide bonds. The smallest absolute Gasteiger partial charge is 0.251 e. The lowest BCUT2D eigenvalue weighted by Gasteiger charge is -2.18. The summed E-state index contributed by atoms with van der Waals surface area (Å²) in [6.45, 7) is 0. The average molecular weight is 283 g/mol. The van der Waals surface area contributed by atoms with Crippen molar-refractivity contribution in [1.82, 2.24) is 10.3 Å². The van der Waals surface area contributed by atoms with Gasteiger partial charge in [-0.25, -0.2) is 0 Å². The molecule has 2 rings (SSSR count). The first-order chi connectivity index (χ1) is 7.81. The molecule has 4 heteroatoms. The molecule has 1 aromatic heterocycles. The van der Waals surface area contributed by atoms with Crippen LogP contribution in [0.15, 0.2) is 24.5 Å². The normalized spacial score (nSPS) is 24.3. The molecule has 1 N–H and O–H groups in total. The van der Waals surface area contributed by atoms with Gasteiger partial charge in [-0.05, 0) is 30.9 Å². The highest BCUT2D eigenvalue weighted by atomic mass is 79.9. The maximum absolute atomic E-state index is 11.9. The van der Waals surface area contributed by atoms with Crippen molar-refractivity contribution in [3.63, 3.8) is 0 Å². The van der Waals surface area contributed by atoms with Crippen molar-refractivity contribution in [2.24, 2.45) is 5.92 Å². The van der Waals surface area contributed by atoms with Crippen molar-refractivity contribution < 1.29 is 4.79 Å². The number of hydrogen-bond acceptors (Lipinski definition) is 2. The van der Waals surface area contributed by atoms with Crippen LogP contribution < -0.4 is 5.32 Å². The highest BCUT2D eigenvalue weighted by Crippen LogP contribution is 2.27. The van der Waals surface area contributed by atoms with Crippen LogP contribution in [0.5, 0.6) is 0 Å². The van der Waals surface area contributed by atoms with Gasteiger partial charge < -0.3 is 5.32 Å². The number of alkyl halides is 1. The first-order valence-corrected chi connectivity index (χ1v) is 6.70. The van der Waals surface area contributed by atoms with E-state index in [4.69, 9.17) is 0 Å². The molecule has 0 aromatic carbocycles. The number of rotatable bonds is 3. The molecule has 86 valence electrons. The maximum atomic E-state index is 11.9. The number of carbonyl (C=O) groups excluding carboxylic acids is 1. The van der Waals surface area contributed by atoms with E-state index in [9.17, 15) is 4.79 Å². The second-order valence-corrected chi connectivity index (χ2v) is 4.81. The Bertz CT molecular complexity index is 355. The van der Waals surface area contributed by atoms with E-state index in [-0.39, 0.29) is 5.91 Å². The number of amides is 1. The predicted molar refractivity (Wildman–Crippen MR) is 66.6 cm³/mol. The highest BCUT2D eigenvalue weighted by Gasteiger charge is 2.27. The van der Waals surface area contributed by atoms with E-state index in [2.05, 4.69) is 26.2 Å². The summed E-state index contributed by atoms with van der Waals surface area (Å²) in [4.78, 5) is 15.8. The molecule has 2 unspecified atom stereocenters. The number of aromatic nitrogens is 1. The summed E-state index contributed by atoms with van der Waals surface area (Å²) in [5, 5.41) is 4.07. The fraction of sp³-hybridized carbons (Fsp3) is 0.500. The summed E-state index contributed by atoms with van der Waals surface area (Å²) in [5.41, 5.74) is 0.690. The zero-order valence-electron chi connectivity index (χ0n) is 9.03. The Hall–Kier alpha value is -0.900. The van der Waals surface area contributed by atoms with Crippen molar-refractivity contribution in [1.29, 1.82) is 0 Å². The lowest BCUT2D eigenvalue weighted by molar-refractivity contribution is 0.0930. The summed E-state index contributed by atoms with van der Waals surface area (Å²) in [6.07, 6.45) is 6.79. The van der Waals surface area contributed by atoms with Crippen LogP contribution in [0.25, 0.3) is 0 Å². The van der Waals surface area contributed by atoms with Gasteiger partial charge >= 0.3 is 0 Å². The van der Waals surface area contributed by atoms with E-state index >= 15 is 0 Å². The predicted octanol–water partition coefficient (Wildman–Crippen LogP) is 2.38. The third kappa shape index (κ3) is 2.61. The van der Waals surface area contributed by atoms with E-state index in [0.717, 1.165) is 11.8 Å². The minimum atomic E-state index is 0.0141. The van der Waals surface area contributed by atoms with Crippen molar-refractivity contribution in [2.45, 2.75) is 25.3 Å². The summed E-state index contributed by atoms with van der Waals surface area (Å²) >= 11 is 3.50. The minimum absolute atomic E-state index is 0.0141. The zero-order valence-corrected chi connectivity index (χ0v) is 10.6. The fourth-order valence-electron chi connectivity index (χ4n) is 2.17. The van der Waals surface area contributed by atoms with Gasteiger partial charge in [0.25, 0.3) is 5.91 Å². The van der Waals surface area contributed by atoms with Crippen LogP contribution in [-0.2, 0) is 0 Å². The Balaban J connectivity index is 1.97. The number of nitrogens with zero attached hydrogens (tertiary/aromatic N) is 1. The topological polar surface area (TPSA) is 42.0 Å². The number of halogens is 1. The third-order valence-corrected chi connectivity index (χ3v) is 3.95. The van der Waals surface area contributed by atoms with Crippen LogP contribution >= 0.6 is 15.9 Å². The molecular formula is C12H15BrN2O. The molecule has 0 aliphatic heterocycles. The maximum Gasteiger partial charge on any atom is 0.251 e. The molecule has 2 atom stereocenters. The van der Waals surface area contributed by atoms with E-state index in [1.54, 1.807) is 24.5 Å². The van der Waals surface area contributed by atoms with Gasteiger partial charge in [-0.2, -0.15) is 0 Å². The Morgan fingerprint density at radius 1 is 1.44 bits per heavy atom. The van der Waals surface area contributed by atoms with Gasteiger partial charge in [0.15, 0.2) is 0 Å². The number of carbonyl (C=O) groups is 1. The summed E-state index contributed by atoms with van der Waals surface area (Å²) in [5.74, 6) is 0.589. The van der Waals surface area contributed by atoms with E-state index < -0.39 is 0 Å². The lowest BCUT2D eigenvalue weighted by Crippen LogP contribution is -2.37. The standard InChI is InChI=1S/C12H15BrN2O/c13-8-10-2-1-3-11(10)15-12(16)9-4-6-14-7-5-9/h4-7,10-11H,1-3,8H2,(H,15,16). The molecule has 3 nitrogen and oxygen atoms in total. The van der Waals surface area contributed by atoms with Crippen molar-refractivity contribution >= 4 is 21.8 Å². The molecule has 1 saturated carbocycles. The van der Waals surface area contributed by atoms with Gasteiger partial charge in [-0.3, -0.25) is 9.78 Å². The van der Waals surface area contributed by atoms with E-state index in [1.807, 2.05) is 0 Å². The van der Waals surface area contributed by atoms with Gasteiger partial charge in [0.1, 0.15) is 0 Å². The molecule has 1 aliphatic carbocycles. The SMILES string of the molecule is O=C(NC1CCCC1CBr)c1ccncc1. The first kappa shape index (κ1) is 11.6. The van der Waals surface area contributed by atoms with Gasteiger partial charge in [-0.1, -0.05) is 22.4 Å². The Labute approximate surface area is 104 Å². The van der Waals surface area contributed by atoms with Gasteiger partial charge in [0.2, 0.25) is 0 Å². The number of hydrogen-bond donors (Lipinski definition) is 1. The molecule has 0 saturated heterocycles. The van der Waals surface area contributed by atoms with Crippen LogP contribution in [0.2, 0.25) is 0 Å². The molecule has 0 spiro atoms. The molecule has 1 aromatic rings. The van der Waals surface area contributed by atoms with E-state index in [1.165, 1.54) is 12.8 Å². The number of pyridine rings is 1. The highest BCUT2D eigenvalue weighted by molar-refractivity contribution is 9.09. The van der Waals surface area contributed by atoms with Gasteiger partial charge in [0.05, 0.1) is 0 Å². The second-order valence-electron chi connectivity index (χ2n) is 4.16. The Kier molecular flexibility index (Phi) is 3.93. The summed E-state index contributed by atoms with van der Waals surface area (Å²) in [6, 6.07) is 3.81. The largest absolute Gasteiger partial charge is 0.349 e. The van der Waals surface area contributed by atoms with Crippen LogP contribution in [0.3, 0.4) is 0 Å². The molecule has 16 heavy (non-hydrogen) atoms. The molecule has 1 heterocycles. The lowest BCUT2D eigenvalue weighted by atomic mass is 10.1. The van der Waals surface area contributed by atoms with Crippen molar-refractivity contribution in [2.75, 3.05) is 5.33 Å². The van der Waals surface area contributed by atoms with Crippen molar-refractivity contribution in [3.8, 4) is 0 Å². The van der Waals surface area contributed by atoms with Gasteiger partial charge in [-0.15, -0.1) is 0 Å². The summed E-state index contributed by atoms with van der Waals surface area (Å²) < 4.78 is 0. The second kappa shape index (κ2) is 5.43. The zero-order chi connectivity index (χ0) is 11.4. The Morgan fingerprint density at radius 2 is 2.19 bits per heavy atom. The van der Waals surface area contributed by atoms with Crippen LogP contribution in [0, 0.1) is 5.92 Å². The van der Waals surface area contributed by atoms with Crippen molar-refractivity contribution in [3.05, 3.63) is 30.1 Å². The fourth-order valence-corrected chi connectivity index (χ4v) is 2.94.